The number of fused-ring (bicyclic) bond motifs is 1. The van der Waals surface area contributed by atoms with Crippen molar-refractivity contribution < 1.29 is 14.3 Å². The molecule has 0 saturated heterocycles. The zero-order chi connectivity index (χ0) is 19.8. The van der Waals surface area contributed by atoms with Crippen LogP contribution in [0.4, 0.5) is 4.79 Å². The molecule has 2 aromatic rings. The minimum Gasteiger partial charge on any atom is -0.444 e. The smallest absolute Gasteiger partial charge is 0.407 e. The number of hydrogen-bond acceptors (Lipinski definition) is 4. The first-order valence-electron chi connectivity index (χ1n) is 9.19. The van der Waals surface area contributed by atoms with Crippen LogP contribution in [-0.2, 0) is 11.3 Å². The number of carbonyl (C=O) groups excluding carboxylic acids is 2. The van der Waals surface area contributed by atoms with Crippen LogP contribution in [0.15, 0.2) is 18.2 Å². The zero-order valence-corrected chi connectivity index (χ0v) is 16.2. The quantitative estimate of drug-likeness (QED) is 0.830. The predicted octanol–water partition coefficient (Wildman–Crippen LogP) is 3.94. The standard InChI is InChI=1S/C21H25N3O3/c1-13-15(12-25)5-6-19-18(13)9-17(10-22)24(19)11-14-7-16(8-14)23-20(26)27-21(2,3)4/h5-6,9,12,14,16H,7-8,11H2,1-4H3,(H,23,26)/t14-,16+. The topological polar surface area (TPSA) is 84.1 Å². The minimum atomic E-state index is -0.503. The fourth-order valence-corrected chi connectivity index (χ4v) is 3.65. The van der Waals surface area contributed by atoms with Crippen LogP contribution in [-0.4, -0.2) is 28.6 Å². The third-order valence-corrected chi connectivity index (χ3v) is 5.04. The van der Waals surface area contributed by atoms with Gasteiger partial charge in [-0.05, 0) is 70.2 Å². The van der Waals surface area contributed by atoms with Gasteiger partial charge >= 0.3 is 6.09 Å². The van der Waals surface area contributed by atoms with E-state index in [9.17, 15) is 14.9 Å². The van der Waals surface area contributed by atoms with E-state index >= 15 is 0 Å². The van der Waals surface area contributed by atoms with E-state index in [2.05, 4.69) is 11.4 Å². The highest BCUT2D eigenvalue weighted by molar-refractivity contribution is 5.92. The van der Waals surface area contributed by atoms with E-state index in [0.29, 0.717) is 17.2 Å². The monoisotopic (exact) mass is 367 g/mol. The van der Waals surface area contributed by atoms with E-state index in [-0.39, 0.29) is 12.1 Å². The molecule has 142 valence electrons. The molecular formula is C21H25N3O3. The molecule has 0 aliphatic heterocycles. The average Bonchev–Trinajstić information content (AvgIpc) is 2.90. The van der Waals surface area contributed by atoms with Crippen LogP contribution >= 0.6 is 0 Å². The molecule has 1 fully saturated rings. The number of aromatic nitrogens is 1. The van der Waals surface area contributed by atoms with Crippen LogP contribution in [0.5, 0.6) is 0 Å². The van der Waals surface area contributed by atoms with Gasteiger partial charge in [0.15, 0.2) is 0 Å². The summed E-state index contributed by atoms with van der Waals surface area (Å²) in [4.78, 5) is 23.0. The molecule has 1 amide bonds. The number of alkyl carbamates (subject to hydrolysis) is 1. The van der Waals surface area contributed by atoms with Crippen LogP contribution in [0, 0.1) is 24.2 Å². The van der Waals surface area contributed by atoms with Crippen molar-refractivity contribution in [1.82, 2.24) is 9.88 Å². The Labute approximate surface area is 159 Å². The van der Waals surface area contributed by atoms with Crippen LogP contribution < -0.4 is 5.32 Å². The highest BCUT2D eigenvalue weighted by atomic mass is 16.6. The van der Waals surface area contributed by atoms with Crippen molar-refractivity contribution in [1.29, 1.82) is 5.26 Å². The molecule has 1 N–H and O–H groups in total. The van der Waals surface area contributed by atoms with Crippen LogP contribution in [0.2, 0.25) is 0 Å². The Hall–Kier alpha value is -2.81. The highest BCUT2D eigenvalue weighted by Crippen LogP contribution is 2.32. The van der Waals surface area contributed by atoms with Crippen molar-refractivity contribution in [2.45, 2.75) is 58.7 Å². The number of amides is 1. The van der Waals surface area contributed by atoms with Gasteiger partial charge in [-0.2, -0.15) is 5.26 Å². The number of hydrogen-bond donors (Lipinski definition) is 1. The lowest BCUT2D eigenvalue weighted by Gasteiger charge is -2.36. The first-order chi connectivity index (χ1) is 12.7. The number of nitrogens with one attached hydrogen (secondary N) is 1. The molecule has 0 unspecified atom stereocenters. The number of nitriles is 1. The molecule has 0 radical (unpaired) electrons. The fourth-order valence-electron chi connectivity index (χ4n) is 3.65. The lowest BCUT2D eigenvalue weighted by molar-refractivity contribution is 0.0446. The first-order valence-corrected chi connectivity index (χ1v) is 9.19. The zero-order valence-electron chi connectivity index (χ0n) is 16.2. The average molecular weight is 367 g/mol. The van der Waals surface area contributed by atoms with Crippen molar-refractivity contribution in [2.24, 2.45) is 5.92 Å². The molecule has 27 heavy (non-hydrogen) atoms. The highest BCUT2D eigenvalue weighted by Gasteiger charge is 2.32. The summed E-state index contributed by atoms with van der Waals surface area (Å²) < 4.78 is 7.31. The van der Waals surface area contributed by atoms with E-state index in [0.717, 1.165) is 42.1 Å². The summed E-state index contributed by atoms with van der Waals surface area (Å²) in [6, 6.07) is 7.93. The molecule has 1 aliphatic rings. The summed E-state index contributed by atoms with van der Waals surface area (Å²) in [5, 5.41) is 13.3. The predicted molar refractivity (Wildman–Crippen MR) is 103 cm³/mol. The van der Waals surface area contributed by atoms with Crippen LogP contribution in [0.3, 0.4) is 0 Å². The Kier molecular flexibility index (Phi) is 4.97. The summed E-state index contributed by atoms with van der Waals surface area (Å²) in [5.74, 6) is 0.388. The minimum absolute atomic E-state index is 0.112. The van der Waals surface area contributed by atoms with Gasteiger partial charge in [0.05, 0.1) is 0 Å². The summed E-state index contributed by atoms with van der Waals surface area (Å²) in [7, 11) is 0. The maximum atomic E-state index is 11.8. The maximum absolute atomic E-state index is 11.8. The molecule has 1 heterocycles. The summed E-state index contributed by atoms with van der Waals surface area (Å²) in [6.07, 6.45) is 2.17. The summed E-state index contributed by atoms with van der Waals surface area (Å²) in [6.45, 7) is 8.15. The van der Waals surface area contributed by atoms with Gasteiger partial charge in [0.25, 0.3) is 0 Å². The Morgan fingerprint density at radius 1 is 1.41 bits per heavy atom. The second-order valence-corrected chi connectivity index (χ2v) is 8.26. The number of aryl methyl sites for hydroxylation is 1. The first kappa shape index (κ1) is 19.0. The van der Waals surface area contributed by atoms with Gasteiger partial charge in [0, 0.05) is 29.1 Å². The van der Waals surface area contributed by atoms with E-state index in [1.807, 2.05) is 44.4 Å². The normalized spacial score (nSPS) is 19.2. The lowest BCUT2D eigenvalue weighted by Crippen LogP contribution is -2.47. The van der Waals surface area contributed by atoms with E-state index in [1.165, 1.54) is 0 Å². The Morgan fingerprint density at radius 3 is 2.70 bits per heavy atom. The molecule has 1 aromatic carbocycles. The van der Waals surface area contributed by atoms with Gasteiger partial charge in [-0.15, -0.1) is 0 Å². The molecule has 1 aliphatic carbocycles. The third-order valence-electron chi connectivity index (χ3n) is 5.04. The third kappa shape index (κ3) is 3.97. The van der Waals surface area contributed by atoms with Gasteiger partial charge in [-0.1, -0.05) is 0 Å². The maximum Gasteiger partial charge on any atom is 0.407 e. The van der Waals surface area contributed by atoms with Gasteiger partial charge in [-0.3, -0.25) is 4.79 Å². The van der Waals surface area contributed by atoms with E-state index in [1.54, 1.807) is 6.07 Å². The lowest BCUT2D eigenvalue weighted by atomic mass is 9.80. The number of nitrogens with zero attached hydrogens (tertiary/aromatic N) is 2. The van der Waals surface area contributed by atoms with E-state index in [4.69, 9.17) is 4.74 Å². The van der Waals surface area contributed by atoms with Crippen molar-refractivity contribution in [2.75, 3.05) is 0 Å². The number of aldehydes is 1. The number of ether oxygens (including phenoxy) is 1. The molecule has 0 atom stereocenters. The number of carbonyl (C=O) groups is 2. The molecule has 1 saturated carbocycles. The number of rotatable bonds is 4. The van der Waals surface area contributed by atoms with Crippen molar-refractivity contribution in [3.05, 3.63) is 35.0 Å². The SMILES string of the molecule is Cc1c(C=O)ccc2c1cc(C#N)n2C[C@H]1C[C@@H](NC(=O)OC(C)(C)C)C1. The molecular weight excluding hydrogens is 342 g/mol. The van der Waals surface area contributed by atoms with Crippen molar-refractivity contribution in [3.8, 4) is 6.07 Å². The largest absolute Gasteiger partial charge is 0.444 e. The Bertz CT molecular complexity index is 925. The molecule has 3 rings (SSSR count). The molecule has 0 spiro atoms. The fraction of sp³-hybridized carbons (Fsp3) is 0.476. The number of benzene rings is 1. The summed E-state index contributed by atoms with van der Waals surface area (Å²) in [5.41, 5.74) is 2.61. The van der Waals surface area contributed by atoms with E-state index < -0.39 is 5.60 Å². The van der Waals surface area contributed by atoms with Gasteiger partial charge in [0.1, 0.15) is 23.7 Å². The molecule has 6 nitrogen and oxygen atoms in total. The van der Waals surface area contributed by atoms with Gasteiger partial charge in [-0.25, -0.2) is 4.79 Å². The molecule has 0 bridgehead atoms. The second-order valence-electron chi connectivity index (χ2n) is 8.26. The van der Waals surface area contributed by atoms with Gasteiger partial charge in [0.2, 0.25) is 0 Å². The van der Waals surface area contributed by atoms with Crippen LogP contribution in [0.25, 0.3) is 10.9 Å². The Morgan fingerprint density at radius 2 is 2.11 bits per heavy atom. The molecule has 6 heteroatoms. The van der Waals surface area contributed by atoms with Crippen molar-refractivity contribution in [3.63, 3.8) is 0 Å². The Balaban J connectivity index is 1.68. The van der Waals surface area contributed by atoms with Crippen molar-refractivity contribution >= 4 is 23.3 Å². The van der Waals surface area contributed by atoms with Gasteiger partial charge < -0.3 is 14.6 Å². The second kappa shape index (κ2) is 7.07. The van der Waals surface area contributed by atoms with Crippen LogP contribution in [0.1, 0.15) is 55.2 Å². The molecule has 1 aromatic heterocycles. The summed E-state index contributed by atoms with van der Waals surface area (Å²) >= 11 is 0.